The number of carbonyl (C=O) groups is 1. The Kier molecular flexibility index (Phi) is 4.39. The van der Waals surface area contributed by atoms with Crippen molar-refractivity contribution in [2.75, 3.05) is 27.2 Å². The van der Waals surface area contributed by atoms with Gasteiger partial charge in [0.1, 0.15) is 5.75 Å². The van der Waals surface area contributed by atoms with E-state index in [0.29, 0.717) is 12.1 Å². The lowest BCUT2D eigenvalue weighted by atomic mass is 10.0. The highest BCUT2D eigenvalue weighted by Gasteiger charge is 2.38. The van der Waals surface area contributed by atoms with Crippen LogP contribution in [0.1, 0.15) is 41.6 Å². The molecule has 3 rings (SSSR count). The van der Waals surface area contributed by atoms with Crippen molar-refractivity contribution in [3.8, 4) is 5.75 Å². The number of ether oxygens (including phenoxy) is 1. The molecule has 0 saturated carbocycles. The summed E-state index contributed by atoms with van der Waals surface area (Å²) in [6.45, 7) is 4.03. The molecule has 4 nitrogen and oxygen atoms in total. The zero-order valence-corrected chi connectivity index (χ0v) is 13.8. The molecule has 1 amide bonds. The number of aryl methyl sites for hydroxylation is 1. The highest BCUT2D eigenvalue weighted by atomic mass is 16.5. The van der Waals surface area contributed by atoms with E-state index in [9.17, 15) is 4.79 Å². The van der Waals surface area contributed by atoms with Crippen molar-refractivity contribution in [2.24, 2.45) is 0 Å². The largest absolute Gasteiger partial charge is 0.496 e. The van der Waals surface area contributed by atoms with Gasteiger partial charge in [-0.15, -0.1) is 0 Å². The number of amides is 1. The summed E-state index contributed by atoms with van der Waals surface area (Å²) in [5, 5.41) is 0. The maximum Gasteiger partial charge on any atom is 0.254 e. The number of methoxy groups -OCH3 is 1. The molecule has 120 valence electrons. The molecule has 0 bridgehead atoms. The first-order chi connectivity index (χ1) is 10.6. The third kappa shape index (κ3) is 2.72. The van der Waals surface area contributed by atoms with Gasteiger partial charge in [0.2, 0.25) is 0 Å². The quantitative estimate of drug-likeness (QED) is 0.860. The highest BCUT2D eigenvalue weighted by molar-refractivity contribution is 5.95. The molecule has 2 atom stereocenters. The van der Waals surface area contributed by atoms with Gasteiger partial charge in [-0.05, 0) is 63.9 Å². The monoisotopic (exact) mass is 302 g/mol. The molecule has 2 aliphatic rings. The maximum atomic E-state index is 13.0. The Bertz CT molecular complexity index is 558. The molecule has 0 aliphatic carbocycles. The number of likely N-dealkylation sites (tertiary alicyclic amines) is 2. The van der Waals surface area contributed by atoms with E-state index in [2.05, 4.69) is 16.8 Å². The summed E-state index contributed by atoms with van der Waals surface area (Å²) < 4.78 is 5.36. The minimum atomic E-state index is 0.154. The van der Waals surface area contributed by atoms with Gasteiger partial charge in [0.15, 0.2) is 0 Å². The van der Waals surface area contributed by atoms with E-state index in [-0.39, 0.29) is 5.91 Å². The van der Waals surface area contributed by atoms with E-state index in [0.717, 1.165) is 42.8 Å². The van der Waals surface area contributed by atoms with Crippen molar-refractivity contribution in [1.82, 2.24) is 9.80 Å². The van der Waals surface area contributed by atoms with E-state index in [1.54, 1.807) is 7.11 Å². The fraction of sp³-hybridized carbons (Fsp3) is 0.611. The predicted octanol–water partition coefficient (Wildman–Crippen LogP) is 2.70. The van der Waals surface area contributed by atoms with E-state index >= 15 is 0 Å². The second-order valence-electron chi connectivity index (χ2n) is 6.58. The van der Waals surface area contributed by atoms with Crippen LogP contribution in [0, 0.1) is 6.92 Å². The first-order valence-electron chi connectivity index (χ1n) is 8.27. The molecule has 2 saturated heterocycles. The van der Waals surface area contributed by atoms with E-state index < -0.39 is 0 Å². The van der Waals surface area contributed by atoms with Crippen molar-refractivity contribution >= 4 is 5.91 Å². The number of hydrogen-bond acceptors (Lipinski definition) is 3. The van der Waals surface area contributed by atoms with Crippen LogP contribution in [0.5, 0.6) is 5.75 Å². The highest BCUT2D eigenvalue weighted by Crippen LogP contribution is 2.30. The van der Waals surface area contributed by atoms with Gasteiger partial charge in [-0.2, -0.15) is 0 Å². The smallest absolute Gasteiger partial charge is 0.254 e. The van der Waals surface area contributed by atoms with Gasteiger partial charge in [0.25, 0.3) is 5.91 Å². The van der Waals surface area contributed by atoms with Gasteiger partial charge in [0.05, 0.1) is 7.11 Å². The zero-order valence-electron chi connectivity index (χ0n) is 13.8. The topological polar surface area (TPSA) is 32.8 Å². The van der Waals surface area contributed by atoms with Crippen LogP contribution >= 0.6 is 0 Å². The summed E-state index contributed by atoms with van der Waals surface area (Å²) in [6, 6.07) is 6.67. The number of rotatable bonds is 3. The molecule has 4 heteroatoms. The average Bonchev–Trinajstić information content (AvgIpc) is 3.15. The maximum absolute atomic E-state index is 13.0. The Balaban J connectivity index is 1.81. The SMILES string of the molecule is COc1cc(C(=O)N2CCC[C@H]2[C@@H]2CCCN2C)ccc1C. The molecule has 0 radical (unpaired) electrons. The summed E-state index contributed by atoms with van der Waals surface area (Å²) in [7, 11) is 3.84. The fourth-order valence-corrected chi connectivity index (χ4v) is 3.99. The normalized spacial score (nSPS) is 25.7. The van der Waals surface area contributed by atoms with E-state index in [1.807, 2.05) is 25.1 Å². The van der Waals surface area contributed by atoms with E-state index in [4.69, 9.17) is 4.74 Å². The summed E-state index contributed by atoms with van der Waals surface area (Å²) >= 11 is 0. The number of nitrogens with zero attached hydrogens (tertiary/aromatic N) is 2. The number of hydrogen-bond donors (Lipinski definition) is 0. The molecule has 0 aromatic heterocycles. The second-order valence-corrected chi connectivity index (χ2v) is 6.58. The lowest BCUT2D eigenvalue weighted by molar-refractivity contribution is 0.0664. The molecule has 0 N–H and O–H groups in total. The van der Waals surface area contributed by atoms with E-state index in [1.165, 1.54) is 12.8 Å². The van der Waals surface area contributed by atoms with Crippen LogP contribution in [0.15, 0.2) is 18.2 Å². The Labute approximate surface area is 133 Å². The van der Waals surface area contributed by atoms with Crippen molar-refractivity contribution in [1.29, 1.82) is 0 Å². The van der Waals surface area contributed by atoms with Gasteiger partial charge in [-0.3, -0.25) is 4.79 Å². The molecular weight excluding hydrogens is 276 g/mol. The fourth-order valence-electron chi connectivity index (χ4n) is 3.99. The average molecular weight is 302 g/mol. The first kappa shape index (κ1) is 15.3. The van der Waals surface area contributed by atoms with Crippen LogP contribution in [0.2, 0.25) is 0 Å². The van der Waals surface area contributed by atoms with Crippen LogP contribution in [0.4, 0.5) is 0 Å². The van der Waals surface area contributed by atoms with Gasteiger partial charge in [0, 0.05) is 24.2 Å². The number of carbonyl (C=O) groups excluding carboxylic acids is 1. The molecule has 2 fully saturated rings. The van der Waals surface area contributed by atoms with Crippen molar-refractivity contribution in [2.45, 2.75) is 44.7 Å². The molecule has 2 aliphatic heterocycles. The van der Waals surface area contributed by atoms with Crippen LogP contribution in [0.25, 0.3) is 0 Å². The van der Waals surface area contributed by atoms with Crippen LogP contribution < -0.4 is 4.74 Å². The van der Waals surface area contributed by atoms with Gasteiger partial charge in [-0.25, -0.2) is 0 Å². The lowest BCUT2D eigenvalue weighted by Gasteiger charge is -2.33. The number of likely N-dealkylation sites (N-methyl/N-ethyl adjacent to an activating group) is 1. The van der Waals surface area contributed by atoms with Crippen molar-refractivity contribution in [3.63, 3.8) is 0 Å². The summed E-state index contributed by atoms with van der Waals surface area (Å²) in [5.74, 6) is 0.945. The molecule has 0 unspecified atom stereocenters. The standard InChI is InChI=1S/C18H26N2O2/c1-13-8-9-14(12-17(13)22-3)18(21)20-11-5-7-16(20)15-6-4-10-19(15)2/h8-9,12,15-16H,4-7,10-11H2,1-3H3/t15-,16-/m0/s1. The van der Waals surface area contributed by atoms with Crippen LogP contribution in [-0.4, -0.2) is 55.0 Å². The van der Waals surface area contributed by atoms with Crippen LogP contribution in [0.3, 0.4) is 0 Å². The summed E-state index contributed by atoms with van der Waals surface area (Å²) in [6.07, 6.45) is 4.70. The molecule has 0 spiro atoms. The zero-order chi connectivity index (χ0) is 15.7. The molecule has 2 heterocycles. The van der Waals surface area contributed by atoms with Gasteiger partial charge >= 0.3 is 0 Å². The molecule has 22 heavy (non-hydrogen) atoms. The Morgan fingerprint density at radius 1 is 1.18 bits per heavy atom. The molecule has 1 aromatic carbocycles. The minimum absolute atomic E-state index is 0.154. The lowest BCUT2D eigenvalue weighted by Crippen LogP contribution is -2.47. The van der Waals surface area contributed by atoms with Crippen molar-refractivity contribution in [3.05, 3.63) is 29.3 Å². The Morgan fingerprint density at radius 2 is 1.91 bits per heavy atom. The predicted molar refractivity (Wildman–Crippen MR) is 87.4 cm³/mol. The van der Waals surface area contributed by atoms with Crippen molar-refractivity contribution < 1.29 is 9.53 Å². The van der Waals surface area contributed by atoms with Gasteiger partial charge in [-0.1, -0.05) is 6.07 Å². The minimum Gasteiger partial charge on any atom is -0.496 e. The Hall–Kier alpha value is -1.55. The third-order valence-corrected chi connectivity index (χ3v) is 5.24. The summed E-state index contributed by atoms with van der Waals surface area (Å²) in [5.41, 5.74) is 1.81. The summed E-state index contributed by atoms with van der Waals surface area (Å²) in [4.78, 5) is 17.5. The first-order valence-corrected chi connectivity index (χ1v) is 8.27. The van der Waals surface area contributed by atoms with Gasteiger partial charge < -0.3 is 14.5 Å². The Morgan fingerprint density at radius 3 is 2.59 bits per heavy atom. The van der Waals surface area contributed by atoms with Crippen LogP contribution in [-0.2, 0) is 0 Å². The number of benzene rings is 1. The second kappa shape index (κ2) is 6.29. The molecular formula is C18H26N2O2. The third-order valence-electron chi connectivity index (χ3n) is 5.24. The molecule has 1 aromatic rings.